The zero-order valence-corrected chi connectivity index (χ0v) is 12.1. The maximum Gasteiger partial charge on any atom is 0.130 e. The van der Waals surface area contributed by atoms with Crippen LogP contribution in [0.3, 0.4) is 0 Å². The van der Waals surface area contributed by atoms with Gasteiger partial charge in [0.05, 0.1) is 5.60 Å². The zero-order chi connectivity index (χ0) is 14.6. The van der Waals surface area contributed by atoms with Gasteiger partial charge >= 0.3 is 0 Å². The van der Waals surface area contributed by atoms with Crippen LogP contribution in [0.4, 0.5) is 8.78 Å². The van der Waals surface area contributed by atoms with Crippen molar-refractivity contribution >= 4 is 0 Å². The summed E-state index contributed by atoms with van der Waals surface area (Å²) in [5.74, 6) is -0.700. The summed E-state index contributed by atoms with van der Waals surface area (Å²) in [6.07, 6.45) is 0. The van der Waals surface area contributed by atoms with Gasteiger partial charge in [-0.3, -0.25) is 4.90 Å². The molecule has 1 N–H and O–H groups in total. The first kappa shape index (κ1) is 16.1. The van der Waals surface area contributed by atoms with Gasteiger partial charge in [-0.2, -0.15) is 0 Å². The molecule has 0 aliphatic heterocycles. The Balaban J connectivity index is 2.81. The molecular weight excluding hydrogens is 248 g/mol. The van der Waals surface area contributed by atoms with Crippen LogP contribution in [0.15, 0.2) is 18.2 Å². The van der Waals surface area contributed by atoms with E-state index < -0.39 is 17.2 Å². The highest BCUT2D eigenvalue weighted by atomic mass is 19.1. The van der Waals surface area contributed by atoms with Gasteiger partial charge in [-0.25, -0.2) is 8.78 Å². The molecule has 0 aliphatic carbocycles. The second-order valence-corrected chi connectivity index (χ2v) is 6.11. The first-order valence-electron chi connectivity index (χ1n) is 6.56. The minimum absolute atomic E-state index is 0.369. The van der Waals surface area contributed by atoms with Gasteiger partial charge in [-0.1, -0.05) is 19.9 Å². The molecule has 2 nitrogen and oxygen atoms in total. The first-order valence-corrected chi connectivity index (χ1v) is 6.56. The number of halogens is 2. The molecule has 0 saturated heterocycles. The summed E-state index contributed by atoms with van der Waals surface area (Å²) in [4.78, 5) is 1.99. The molecule has 0 fully saturated rings. The smallest absolute Gasteiger partial charge is 0.130 e. The molecule has 108 valence electrons. The summed E-state index contributed by atoms with van der Waals surface area (Å²) in [6.45, 7) is 9.15. The molecule has 0 atom stereocenters. The summed E-state index contributed by atoms with van der Waals surface area (Å²) >= 11 is 0. The average Bonchev–Trinajstić information content (AvgIpc) is 2.18. The van der Waals surface area contributed by atoms with Crippen LogP contribution in [0.2, 0.25) is 0 Å². The summed E-state index contributed by atoms with van der Waals surface area (Å²) in [5.41, 5.74) is -0.392. The number of aliphatic hydroxyl groups is 1. The largest absolute Gasteiger partial charge is 0.389 e. The lowest BCUT2D eigenvalue weighted by Crippen LogP contribution is -2.40. The van der Waals surface area contributed by atoms with E-state index in [0.717, 1.165) is 12.6 Å². The van der Waals surface area contributed by atoms with Crippen LogP contribution in [0, 0.1) is 17.6 Å². The lowest BCUT2D eigenvalue weighted by Gasteiger charge is -2.30. The van der Waals surface area contributed by atoms with Crippen LogP contribution in [-0.2, 0) is 6.54 Å². The van der Waals surface area contributed by atoms with Crippen LogP contribution in [0.1, 0.15) is 33.3 Å². The van der Waals surface area contributed by atoms with Crippen molar-refractivity contribution in [2.24, 2.45) is 5.92 Å². The summed E-state index contributed by atoms with van der Waals surface area (Å²) < 4.78 is 26.5. The van der Waals surface area contributed by atoms with Gasteiger partial charge < -0.3 is 5.11 Å². The Bertz CT molecular complexity index is 413. The Morgan fingerprint density at radius 2 is 1.89 bits per heavy atom. The van der Waals surface area contributed by atoms with Gasteiger partial charge in [0.15, 0.2) is 0 Å². The van der Waals surface area contributed by atoms with E-state index in [1.807, 2.05) is 4.90 Å². The van der Waals surface area contributed by atoms with Gasteiger partial charge in [0.1, 0.15) is 11.6 Å². The van der Waals surface area contributed by atoms with Crippen molar-refractivity contribution in [3.05, 3.63) is 35.4 Å². The van der Waals surface area contributed by atoms with E-state index in [9.17, 15) is 13.9 Å². The maximum atomic E-state index is 13.7. The second kappa shape index (κ2) is 6.44. The third-order valence-corrected chi connectivity index (χ3v) is 2.64. The van der Waals surface area contributed by atoms with Crippen LogP contribution < -0.4 is 0 Å². The van der Waals surface area contributed by atoms with E-state index in [-0.39, 0.29) is 0 Å². The number of nitrogens with zero attached hydrogens (tertiary/aromatic N) is 1. The third kappa shape index (κ3) is 6.12. The highest BCUT2D eigenvalue weighted by Crippen LogP contribution is 2.15. The Kier molecular flexibility index (Phi) is 5.44. The first-order chi connectivity index (χ1) is 8.67. The molecule has 0 aliphatic rings. The van der Waals surface area contributed by atoms with Crippen molar-refractivity contribution < 1.29 is 13.9 Å². The van der Waals surface area contributed by atoms with E-state index in [4.69, 9.17) is 0 Å². The lowest BCUT2D eigenvalue weighted by atomic mass is 10.1. The molecule has 0 saturated carbocycles. The number of benzene rings is 1. The minimum Gasteiger partial charge on any atom is -0.389 e. The molecule has 0 unspecified atom stereocenters. The molecular formula is C15H23F2NO. The Hall–Kier alpha value is -1.00. The maximum absolute atomic E-state index is 13.7. The highest BCUT2D eigenvalue weighted by Gasteiger charge is 2.20. The van der Waals surface area contributed by atoms with Gasteiger partial charge in [-0.05, 0) is 25.8 Å². The molecule has 0 spiro atoms. The van der Waals surface area contributed by atoms with Crippen LogP contribution in [-0.4, -0.2) is 28.7 Å². The average molecular weight is 271 g/mol. The molecule has 1 aromatic rings. The predicted octanol–water partition coefficient (Wildman–Crippen LogP) is 3.19. The van der Waals surface area contributed by atoms with Gasteiger partial charge in [0, 0.05) is 31.3 Å². The Labute approximate surface area is 114 Å². The normalized spacial score (nSPS) is 12.5. The molecule has 0 aromatic heterocycles. The molecule has 1 rings (SSSR count). The zero-order valence-electron chi connectivity index (χ0n) is 12.1. The van der Waals surface area contributed by atoms with E-state index in [1.165, 1.54) is 12.1 Å². The topological polar surface area (TPSA) is 23.5 Å². The lowest BCUT2D eigenvalue weighted by molar-refractivity contribution is 0.0293. The van der Waals surface area contributed by atoms with E-state index in [1.54, 1.807) is 13.8 Å². The molecule has 0 radical (unpaired) electrons. The molecule has 0 bridgehead atoms. The third-order valence-electron chi connectivity index (χ3n) is 2.64. The Morgan fingerprint density at radius 1 is 1.26 bits per heavy atom. The van der Waals surface area contributed by atoms with Crippen LogP contribution in [0.5, 0.6) is 0 Å². The molecule has 0 amide bonds. The fourth-order valence-electron chi connectivity index (χ4n) is 2.14. The quantitative estimate of drug-likeness (QED) is 0.859. The highest BCUT2D eigenvalue weighted by molar-refractivity contribution is 5.18. The van der Waals surface area contributed by atoms with Crippen molar-refractivity contribution in [1.82, 2.24) is 4.90 Å². The van der Waals surface area contributed by atoms with Crippen molar-refractivity contribution in [3.63, 3.8) is 0 Å². The van der Waals surface area contributed by atoms with E-state index in [0.29, 0.717) is 24.6 Å². The number of hydrogen-bond donors (Lipinski definition) is 1. The summed E-state index contributed by atoms with van der Waals surface area (Å²) in [7, 11) is 0. The standard InChI is InChI=1S/C15H23F2NO/c1-11(2)8-18(10-15(3,4)19)9-12-5-6-13(16)7-14(12)17/h5-7,11,19H,8-10H2,1-4H3. The van der Waals surface area contributed by atoms with Gasteiger partial charge in [-0.15, -0.1) is 0 Å². The number of hydrogen-bond acceptors (Lipinski definition) is 2. The SMILES string of the molecule is CC(C)CN(Cc1ccc(F)cc1F)CC(C)(C)O. The molecule has 4 heteroatoms. The minimum atomic E-state index is -0.842. The second-order valence-electron chi connectivity index (χ2n) is 6.11. The van der Waals surface area contributed by atoms with Crippen molar-refractivity contribution in [2.45, 2.75) is 39.8 Å². The predicted molar refractivity (Wildman–Crippen MR) is 72.8 cm³/mol. The van der Waals surface area contributed by atoms with E-state index in [2.05, 4.69) is 13.8 Å². The summed E-state index contributed by atoms with van der Waals surface area (Å²) in [5, 5.41) is 9.90. The number of rotatable bonds is 6. The molecule has 19 heavy (non-hydrogen) atoms. The fraction of sp³-hybridized carbons (Fsp3) is 0.600. The van der Waals surface area contributed by atoms with Crippen LogP contribution in [0.25, 0.3) is 0 Å². The van der Waals surface area contributed by atoms with Gasteiger partial charge in [0.25, 0.3) is 0 Å². The molecule has 0 heterocycles. The monoisotopic (exact) mass is 271 g/mol. The van der Waals surface area contributed by atoms with Crippen molar-refractivity contribution in [3.8, 4) is 0 Å². The Morgan fingerprint density at radius 3 is 2.37 bits per heavy atom. The van der Waals surface area contributed by atoms with Gasteiger partial charge in [0.2, 0.25) is 0 Å². The van der Waals surface area contributed by atoms with Crippen LogP contribution >= 0.6 is 0 Å². The van der Waals surface area contributed by atoms with E-state index >= 15 is 0 Å². The van der Waals surface area contributed by atoms with Crippen molar-refractivity contribution in [2.75, 3.05) is 13.1 Å². The fourth-order valence-corrected chi connectivity index (χ4v) is 2.14. The summed E-state index contributed by atoms with van der Waals surface area (Å²) in [6, 6.07) is 3.62. The molecule has 1 aromatic carbocycles. The van der Waals surface area contributed by atoms with Crippen molar-refractivity contribution in [1.29, 1.82) is 0 Å².